The van der Waals surface area contributed by atoms with Gasteiger partial charge in [-0.25, -0.2) is 4.39 Å². The molecular formula is C12H15FN2. The molecule has 80 valence electrons. The third-order valence-corrected chi connectivity index (χ3v) is 3.46. The first-order valence-electron chi connectivity index (χ1n) is 5.53. The summed E-state index contributed by atoms with van der Waals surface area (Å²) in [5.74, 6) is -0.148. The maximum Gasteiger partial charge on any atom is 0.123 e. The van der Waals surface area contributed by atoms with Gasteiger partial charge in [0.25, 0.3) is 0 Å². The Morgan fingerprint density at radius 3 is 2.87 bits per heavy atom. The molecule has 1 saturated carbocycles. The molecule has 3 rings (SSSR count). The van der Waals surface area contributed by atoms with Crippen LogP contribution in [0.4, 0.5) is 4.39 Å². The highest BCUT2D eigenvalue weighted by molar-refractivity contribution is 5.35. The van der Waals surface area contributed by atoms with Crippen LogP contribution in [0.2, 0.25) is 0 Å². The number of nitrogens with two attached hydrogens (primary N) is 1. The predicted octanol–water partition coefficient (Wildman–Crippen LogP) is 1.80. The van der Waals surface area contributed by atoms with E-state index in [0.717, 1.165) is 12.1 Å². The highest BCUT2D eigenvalue weighted by Crippen LogP contribution is 2.41. The number of rotatable bonds is 2. The van der Waals surface area contributed by atoms with Gasteiger partial charge in [0.15, 0.2) is 0 Å². The van der Waals surface area contributed by atoms with Crippen LogP contribution in [-0.4, -0.2) is 17.5 Å². The van der Waals surface area contributed by atoms with Gasteiger partial charge in [-0.2, -0.15) is 0 Å². The van der Waals surface area contributed by atoms with E-state index in [1.165, 1.54) is 18.4 Å². The van der Waals surface area contributed by atoms with E-state index in [1.54, 1.807) is 12.1 Å². The quantitative estimate of drug-likeness (QED) is 0.799. The topological polar surface area (TPSA) is 29.3 Å². The van der Waals surface area contributed by atoms with Crippen LogP contribution in [0.3, 0.4) is 0 Å². The maximum atomic E-state index is 13.2. The maximum absolute atomic E-state index is 13.2. The van der Waals surface area contributed by atoms with E-state index < -0.39 is 0 Å². The molecule has 1 atom stereocenters. The molecule has 1 heterocycles. The minimum Gasteiger partial charge on any atom is -0.329 e. The standard InChI is InChI=1S/C12H15FN2/c13-9-2-1-8-7-15(10-3-4-10)12(6-14)11(8)5-9/h1-2,5,10,12H,3-4,6-7,14H2. The van der Waals surface area contributed by atoms with Crippen molar-refractivity contribution in [2.45, 2.75) is 31.5 Å². The lowest BCUT2D eigenvalue weighted by Gasteiger charge is -2.23. The SMILES string of the molecule is NCC1c2cc(F)ccc2CN1C1CC1. The van der Waals surface area contributed by atoms with Gasteiger partial charge in [-0.3, -0.25) is 4.90 Å². The van der Waals surface area contributed by atoms with Gasteiger partial charge in [-0.15, -0.1) is 0 Å². The van der Waals surface area contributed by atoms with Gasteiger partial charge in [0, 0.05) is 25.2 Å². The van der Waals surface area contributed by atoms with Crippen LogP contribution in [-0.2, 0) is 6.54 Å². The molecule has 0 radical (unpaired) electrons. The van der Waals surface area contributed by atoms with Crippen molar-refractivity contribution < 1.29 is 4.39 Å². The Morgan fingerprint density at radius 1 is 1.40 bits per heavy atom. The van der Waals surface area contributed by atoms with Gasteiger partial charge in [-0.1, -0.05) is 6.07 Å². The minimum absolute atomic E-state index is 0.148. The van der Waals surface area contributed by atoms with E-state index in [0.29, 0.717) is 12.6 Å². The Hall–Kier alpha value is -0.930. The molecule has 0 spiro atoms. The molecular weight excluding hydrogens is 191 g/mol. The number of halogens is 1. The van der Waals surface area contributed by atoms with E-state index in [9.17, 15) is 4.39 Å². The van der Waals surface area contributed by atoms with Crippen molar-refractivity contribution in [2.75, 3.05) is 6.54 Å². The van der Waals surface area contributed by atoms with E-state index >= 15 is 0 Å². The molecule has 1 aliphatic heterocycles. The second-order valence-corrected chi connectivity index (χ2v) is 4.50. The van der Waals surface area contributed by atoms with Gasteiger partial charge >= 0.3 is 0 Å². The van der Waals surface area contributed by atoms with Crippen molar-refractivity contribution in [3.63, 3.8) is 0 Å². The summed E-state index contributed by atoms with van der Waals surface area (Å²) in [7, 11) is 0. The van der Waals surface area contributed by atoms with Crippen molar-refractivity contribution in [1.82, 2.24) is 4.90 Å². The first-order chi connectivity index (χ1) is 7.29. The molecule has 2 nitrogen and oxygen atoms in total. The number of hydrogen-bond acceptors (Lipinski definition) is 2. The molecule has 3 heteroatoms. The lowest BCUT2D eigenvalue weighted by Crippen LogP contribution is -2.29. The Labute approximate surface area is 88.9 Å². The molecule has 0 bridgehead atoms. The largest absolute Gasteiger partial charge is 0.329 e. The number of fused-ring (bicyclic) bond motifs is 1. The van der Waals surface area contributed by atoms with Crippen molar-refractivity contribution >= 4 is 0 Å². The van der Waals surface area contributed by atoms with Crippen LogP contribution in [0.15, 0.2) is 18.2 Å². The van der Waals surface area contributed by atoms with E-state index in [1.807, 2.05) is 6.07 Å². The van der Waals surface area contributed by atoms with E-state index in [4.69, 9.17) is 5.73 Å². The number of nitrogens with zero attached hydrogens (tertiary/aromatic N) is 1. The molecule has 0 aromatic heterocycles. The molecule has 1 aliphatic carbocycles. The zero-order valence-electron chi connectivity index (χ0n) is 8.62. The first-order valence-corrected chi connectivity index (χ1v) is 5.53. The summed E-state index contributed by atoms with van der Waals surface area (Å²) in [6, 6.07) is 6.02. The average Bonchev–Trinajstić information content (AvgIpc) is 3.00. The third kappa shape index (κ3) is 1.46. The fraction of sp³-hybridized carbons (Fsp3) is 0.500. The van der Waals surface area contributed by atoms with Crippen LogP contribution in [0.1, 0.15) is 30.0 Å². The van der Waals surface area contributed by atoms with Gasteiger partial charge in [0.1, 0.15) is 5.82 Å². The Kier molecular flexibility index (Phi) is 2.04. The van der Waals surface area contributed by atoms with Gasteiger partial charge in [0.2, 0.25) is 0 Å². The highest BCUT2D eigenvalue weighted by atomic mass is 19.1. The molecule has 0 amide bonds. The fourth-order valence-corrected chi connectivity index (χ4v) is 2.56. The van der Waals surface area contributed by atoms with Crippen LogP contribution in [0.25, 0.3) is 0 Å². The summed E-state index contributed by atoms with van der Waals surface area (Å²) in [5.41, 5.74) is 8.14. The van der Waals surface area contributed by atoms with Gasteiger partial charge < -0.3 is 5.73 Å². The monoisotopic (exact) mass is 206 g/mol. The Balaban J connectivity index is 1.97. The third-order valence-electron chi connectivity index (χ3n) is 3.46. The van der Waals surface area contributed by atoms with Crippen molar-refractivity contribution in [1.29, 1.82) is 0 Å². The summed E-state index contributed by atoms with van der Waals surface area (Å²) >= 11 is 0. The van der Waals surface area contributed by atoms with Gasteiger partial charge in [-0.05, 0) is 36.1 Å². The van der Waals surface area contributed by atoms with Crippen molar-refractivity contribution in [3.05, 3.63) is 35.1 Å². The summed E-state index contributed by atoms with van der Waals surface area (Å²) in [4.78, 5) is 2.42. The summed E-state index contributed by atoms with van der Waals surface area (Å²) in [6.45, 7) is 1.54. The molecule has 1 aromatic carbocycles. The normalized spacial score (nSPS) is 25.6. The second-order valence-electron chi connectivity index (χ2n) is 4.50. The van der Waals surface area contributed by atoms with Crippen molar-refractivity contribution in [3.8, 4) is 0 Å². The van der Waals surface area contributed by atoms with E-state index in [-0.39, 0.29) is 11.9 Å². The molecule has 15 heavy (non-hydrogen) atoms. The molecule has 1 fully saturated rings. The average molecular weight is 206 g/mol. The van der Waals surface area contributed by atoms with Crippen molar-refractivity contribution in [2.24, 2.45) is 5.73 Å². The van der Waals surface area contributed by atoms with Crippen LogP contribution in [0.5, 0.6) is 0 Å². The number of benzene rings is 1. The summed E-state index contributed by atoms with van der Waals surface area (Å²) in [5, 5.41) is 0. The lowest BCUT2D eigenvalue weighted by molar-refractivity contribution is 0.209. The van der Waals surface area contributed by atoms with E-state index in [2.05, 4.69) is 4.90 Å². The minimum atomic E-state index is -0.148. The predicted molar refractivity (Wildman–Crippen MR) is 56.8 cm³/mol. The highest BCUT2D eigenvalue weighted by Gasteiger charge is 2.38. The Bertz CT molecular complexity index is 387. The van der Waals surface area contributed by atoms with Crippen LogP contribution in [0, 0.1) is 5.82 Å². The van der Waals surface area contributed by atoms with Crippen LogP contribution >= 0.6 is 0 Å². The molecule has 2 N–H and O–H groups in total. The molecule has 0 saturated heterocycles. The Morgan fingerprint density at radius 2 is 2.20 bits per heavy atom. The second kappa shape index (κ2) is 3.29. The van der Waals surface area contributed by atoms with Gasteiger partial charge in [0.05, 0.1) is 0 Å². The van der Waals surface area contributed by atoms with Crippen LogP contribution < -0.4 is 5.73 Å². The summed E-state index contributed by atoms with van der Waals surface area (Å²) in [6.07, 6.45) is 2.54. The fourth-order valence-electron chi connectivity index (χ4n) is 2.56. The summed E-state index contributed by atoms with van der Waals surface area (Å²) < 4.78 is 13.2. The lowest BCUT2D eigenvalue weighted by atomic mass is 10.0. The molecule has 2 aliphatic rings. The number of hydrogen-bond donors (Lipinski definition) is 1. The zero-order chi connectivity index (χ0) is 10.4. The molecule has 1 unspecified atom stereocenters. The zero-order valence-corrected chi connectivity index (χ0v) is 8.62. The smallest absolute Gasteiger partial charge is 0.123 e. The molecule has 1 aromatic rings. The first kappa shape index (κ1) is 9.31.